The largest absolute Gasteiger partial charge is 0.423 e. The lowest BCUT2D eigenvalue weighted by Crippen LogP contribution is -2.53. The molecule has 1 saturated heterocycles. The van der Waals surface area contributed by atoms with Crippen LogP contribution in [0.1, 0.15) is 32.1 Å². The Labute approximate surface area is 81.4 Å². The summed E-state index contributed by atoms with van der Waals surface area (Å²) >= 11 is 0. The average Bonchev–Trinajstić information content (AvgIpc) is 2.17. The van der Waals surface area contributed by atoms with E-state index in [4.69, 9.17) is 0 Å². The van der Waals surface area contributed by atoms with E-state index in [0.29, 0.717) is 6.10 Å². The molecule has 1 heterocycles. The van der Waals surface area contributed by atoms with Gasteiger partial charge in [-0.25, -0.2) is 0 Å². The normalized spacial score (nSPS) is 40.4. The molecule has 2 fully saturated rings. The van der Waals surface area contributed by atoms with Crippen LogP contribution in [-0.4, -0.2) is 32.9 Å². The number of nitrogens with one attached hydrogen (secondary N) is 1. The summed E-state index contributed by atoms with van der Waals surface area (Å²) in [6, 6.07) is 0.752. The molecule has 0 aromatic heterocycles. The molecule has 2 rings (SSSR count). The molecule has 0 bridgehead atoms. The van der Waals surface area contributed by atoms with Gasteiger partial charge in [-0.3, -0.25) is 0 Å². The van der Waals surface area contributed by atoms with E-state index < -0.39 is 0 Å². The number of fused-ring (bicyclic) bond motifs is 1. The van der Waals surface area contributed by atoms with Crippen LogP contribution >= 0.6 is 0 Å². The van der Waals surface area contributed by atoms with Crippen molar-refractivity contribution in [2.75, 3.05) is 20.8 Å². The molecule has 3 atom stereocenters. The van der Waals surface area contributed by atoms with Crippen LogP contribution in [0.15, 0.2) is 0 Å². The van der Waals surface area contributed by atoms with Crippen molar-refractivity contribution in [1.82, 2.24) is 5.32 Å². The van der Waals surface area contributed by atoms with Gasteiger partial charge < -0.3 is 9.68 Å². The molecule has 0 radical (unpaired) electrons. The van der Waals surface area contributed by atoms with Crippen LogP contribution in [0, 0.1) is 5.92 Å². The van der Waals surface area contributed by atoms with Gasteiger partial charge in [0.05, 0.1) is 6.04 Å². The number of piperidine rings is 1. The second-order valence-electron chi connectivity index (χ2n) is 4.73. The monoisotopic (exact) mass is 184 g/mol. The van der Waals surface area contributed by atoms with E-state index in [-0.39, 0.29) is 0 Å². The maximum atomic E-state index is 3.69. The zero-order chi connectivity index (χ0) is 9.26. The third kappa shape index (κ3) is 1.89. The topological polar surface area (TPSA) is 14.7 Å². The molecular formula is C11H22NO+. The second-order valence-corrected chi connectivity index (χ2v) is 4.73. The Hall–Kier alpha value is -0.0800. The second kappa shape index (κ2) is 3.97. The molecule has 3 unspecified atom stereocenters. The first-order valence-electron chi connectivity index (χ1n) is 5.59. The Balaban J connectivity index is 2.02. The van der Waals surface area contributed by atoms with Crippen molar-refractivity contribution in [2.45, 2.75) is 44.2 Å². The van der Waals surface area contributed by atoms with E-state index in [1.165, 1.54) is 38.6 Å². The van der Waals surface area contributed by atoms with Crippen molar-refractivity contribution < 1.29 is 4.37 Å². The van der Waals surface area contributed by atoms with Crippen molar-refractivity contribution in [3.8, 4) is 0 Å². The molecule has 0 aromatic carbocycles. The molecule has 0 aromatic rings. The first-order chi connectivity index (χ1) is 6.29. The lowest BCUT2D eigenvalue weighted by atomic mass is 9.77. The first-order valence-corrected chi connectivity index (χ1v) is 5.59. The van der Waals surface area contributed by atoms with E-state index in [1.54, 1.807) is 0 Å². The van der Waals surface area contributed by atoms with Crippen molar-refractivity contribution in [2.24, 2.45) is 5.92 Å². The van der Waals surface area contributed by atoms with E-state index in [0.717, 1.165) is 12.0 Å². The minimum absolute atomic E-state index is 0.707. The van der Waals surface area contributed by atoms with Crippen LogP contribution < -0.4 is 5.32 Å². The number of rotatable bonds is 1. The maximum absolute atomic E-state index is 3.69. The Morgan fingerprint density at radius 2 is 1.85 bits per heavy atom. The Morgan fingerprint density at radius 1 is 1.08 bits per heavy atom. The highest BCUT2D eigenvalue weighted by molar-refractivity contribution is 4.91. The maximum Gasteiger partial charge on any atom is 0.171 e. The van der Waals surface area contributed by atoms with Gasteiger partial charge in [-0.05, 0) is 38.1 Å². The fourth-order valence-electron chi connectivity index (χ4n) is 3.03. The minimum Gasteiger partial charge on any atom is -0.423 e. The van der Waals surface area contributed by atoms with Gasteiger partial charge in [0.25, 0.3) is 0 Å². The highest BCUT2D eigenvalue weighted by Crippen LogP contribution is 2.33. The van der Waals surface area contributed by atoms with E-state index in [9.17, 15) is 0 Å². The van der Waals surface area contributed by atoms with Gasteiger partial charge in [0, 0.05) is 6.42 Å². The smallest absolute Gasteiger partial charge is 0.171 e. The fraction of sp³-hybridized carbons (Fsp3) is 1.00. The van der Waals surface area contributed by atoms with Gasteiger partial charge in [-0.15, -0.1) is 0 Å². The Morgan fingerprint density at radius 3 is 2.62 bits per heavy atom. The molecule has 2 heteroatoms. The van der Waals surface area contributed by atoms with Crippen molar-refractivity contribution >= 4 is 0 Å². The van der Waals surface area contributed by atoms with E-state index >= 15 is 0 Å². The molecule has 13 heavy (non-hydrogen) atoms. The van der Waals surface area contributed by atoms with Crippen molar-refractivity contribution in [3.05, 3.63) is 0 Å². The summed E-state index contributed by atoms with van der Waals surface area (Å²) in [4.78, 5) is 0. The molecule has 2 aliphatic rings. The van der Waals surface area contributed by atoms with Crippen LogP contribution in [0.3, 0.4) is 0 Å². The molecule has 76 valence electrons. The summed E-state index contributed by atoms with van der Waals surface area (Å²) in [5, 5.41) is 3.69. The summed E-state index contributed by atoms with van der Waals surface area (Å²) in [7, 11) is 4.28. The lowest BCUT2D eigenvalue weighted by Gasteiger charge is -2.41. The molecule has 0 spiro atoms. The quantitative estimate of drug-likeness (QED) is 0.613. The standard InChI is InChI=1S/C11H22NO/c1-13(2)10-7-3-5-9-6-4-8-12-11(9)10/h9-12H,3-8H2,1-2H3/q+1. The van der Waals surface area contributed by atoms with Crippen LogP contribution in [0.4, 0.5) is 0 Å². The summed E-state index contributed by atoms with van der Waals surface area (Å²) in [6.45, 7) is 1.23. The van der Waals surface area contributed by atoms with E-state index in [1.807, 2.05) is 0 Å². The van der Waals surface area contributed by atoms with Crippen LogP contribution in [-0.2, 0) is 4.37 Å². The molecule has 1 saturated carbocycles. The van der Waals surface area contributed by atoms with Crippen LogP contribution in [0.5, 0.6) is 0 Å². The molecule has 0 amide bonds. The summed E-state index contributed by atoms with van der Waals surface area (Å²) in [5.74, 6) is 0.947. The predicted octanol–water partition coefficient (Wildman–Crippen LogP) is 1.72. The summed E-state index contributed by atoms with van der Waals surface area (Å²) in [6.07, 6.45) is 7.75. The van der Waals surface area contributed by atoms with Crippen molar-refractivity contribution in [3.63, 3.8) is 0 Å². The molecule has 2 nitrogen and oxygen atoms in total. The zero-order valence-corrected chi connectivity index (χ0v) is 8.88. The third-order valence-electron chi connectivity index (χ3n) is 3.71. The zero-order valence-electron chi connectivity index (χ0n) is 8.88. The molecule has 1 N–H and O–H groups in total. The Bertz CT molecular complexity index is 167. The van der Waals surface area contributed by atoms with Gasteiger partial charge >= 0.3 is 0 Å². The minimum atomic E-state index is 0.707. The van der Waals surface area contributed by atoms with Crippen LogP contribution in [0.2, 0.25) is 0 Å². The highest BCUT2D eigenvalue weighted by Gasteiger charge is 2.39. The number of hydrogen-bond acceptors (Lipinski definition) is 1. The van der Waals surface area contributed by atoms with E-state index in [2.05, 4.69) is 23.9 Å². The van der Waals surface area contributed by atoms with Crippen LogP contribution in [0.25, 0.3) is 0 Å². The van der Waals surface area contributed by atoms with Crippen molar-refractivity contribution in [1.29, 1.82) is 0 Å². The third-order valence-corrected chi connectivity index (χ3v) is 3.71. The SMILES string of the molecule is C[O+](C)C1CCCC2CCCNC21. The molecular weight excluding hydrogens is 162 g/mol. The first kappa shape index (κ1) is 9.47. The lowest BCUT2D eigenvalue weighted by molar-refractivity contribution is -0.156. The summed E-state index contributed by atoms with van der Waals surface area (Å²) in [5.41, 5.74) is 0. The van der Waals surface area contributed by atoms with Gasteiger partial charge in [-0.2, -0.15) is 0 Å². The van der Waals surface area contributed by atoms with Gasteiger partial charge in [0.1, 0.15) is 14.2 Å². The average molecular weight is 184 g/mol. The summed E-state index contributed by atoms with van der Waals surface area (Å²) < 4.78 is 3.18. The highest BCUT2D eigenvalue weighted by atomic mass is 16.7. The molecule has 1 aliphatic heterocycles. The predicted molar refractivity (Wildman–Crippen MR) is 55.1 cm³/mol. The fourth-order valence-corrected chi connectivity index (χ4v) is 3.03. The van der Waals surface area contributed by atoms with Gasteiger partial charge in [0.2, 0.25) is 0 Å². The van der Waals surface area contributed by atoms with Gasteiger partial charge in [0.15, 0.2) is 6.10 Å². The molecule has 1 aliphatic carbocycles. The number of hydrogen-bond donors (Lipinski definition) is 1. The Kier molecular flexibility index (Phi) is 2.89. The van der Waals surface area contributed by atoms with Gasteiger partial charge in [-0.1, -0.05) is 0 Å².